The van der Waals surface area contributed by atoms with Crippen molar-refractivity contribution in [2.45, 2.75) is 0 Å². The number of hydrogen-bond acceptors (Lipinski definition) is 4. The first-order chi connectivity index (χ1) is 9.65. The molecule has 3 aromatic rings. The first-order valence-corrected chi connectivity index (χ1v) is 6.94. The summed E-state index contributed by atoms with van der Waals surface area (Å²) in [6, 6.07) is 8.31. The lowest BCUT2D eigenvalue weighted by Crippen LogP contribution is -1.98. The van der Waals surface area contributed by atoms with Crippen LogP contribution >= 0.6 is 22.9 Å². The van der Waals surface area contributed by atoms with E-state index in [2.05, 4.69) is 4.98 Å². The normalized spacial score (nSPS) is 10.7. The quantitative estimate of drug-likeness (QED) is 0.777. The second kappa shape index (κ2) is 5.11. The lowest BCUT2D eigenvalue weighted by Gasteiger charge is -2.07. The monoisotopic (exact) mass is 305 g/mol. The molecule has 0 aliphatic rings. The molecule has 0 amide bonds. The van der Waals surface area contributed by atoms with E-state index in [4.69, 9.17) is 21.4 Å². The number of ether oxygens (including phenoxy) is 1. The van der Waals surface area contributed by atoms with Crippen LogP contribution in [0.1, 0.15) is 10.4 Å². The van der Waals surface area contributed by atoms with Crippen LogP contribution in [0, 0.1) is 0 Å². The fraction of sp³-hybridized carbons (Fsp3) is 0. The molecule has 1 aromatic carbocycles. The second-order valence-corrected chi connectivity index (χ2v) is 5.35. The van der Waals surface area contributed by atoms with Crippen molar-refractivity contribution in [2.75, 3.05) is 0 Å². The predicted molar refractivity (Wildman–Crippen MR) is 78.1 cm³/mol. The first kappa shape index (κ1) is 12.9. The molecule has 0 bridgehead atoms. The molecule has 0 saturated heterocycles. The van der Waals surface area contributed by atoms with E-state index in [-0.39, 0.29) is 10.6 Å². The fourth-order valence-corrected chi connectivity index (χ4v) is 2.76. The van der Waals surface area contributed by atoms with E-state index in [0.717, 1.165) is 10.1 Å². The Kier molecular flexibility index (Phi) is 3.30. The summed E-state index contributed by atoms with van der Waals surface area (Å²) in [4.78, 5) is 15.2. The van der Waals surface area contributed by atoms with Gasteiger partial charge in [-0.15, -0.1) is 11.3 Å². The van der Waals surface area contributed by atoms with Crippen LogP contribution in [-0.2, 0) is 0 Å². The number of pyridine rings is 1. The summed E-state index contributed by atoms with van der Waals surface area (Å²) >= 11 is 7.41. The van der Waals surface area contributed by atoms with Gasteiger partial charge >= 0.3 is 5.97 Å². The summed E-state index contributed by atoms with van der Waals surface area (Å²) in [6.45, 7) is 0. The highest BCUT2D eigenvalue weighted by molar-refractivity contribution is 7.17. The lowest BCUT2D eigenvalue weighted by molar-refractivity contribution is 0.0696. The van der Waals surface area contributed by atoms with E-state index < -0.39 is 5.97 Å². The van der Waals surface area contributed by atoms with Crippen molar-refractivity contribution >= 4 is 39.0 Å². The van der Waals surface area contributed by atoms with Crippen molar-refractivity contribution in [3.05, 3.63) is 52.5 Å². The van der Waals surface area contributed by atoms with Gasteiger partial charge in [0, 0.05) is 10.9 Å². The standard InChI is InChI=1S/C14H8ClNO3S/c15-11-2-1-8(7-10(11)14(17)18)19-13-9-4-6-20-12(9)3-5-16-13/h1-7H,(H,17,18). The van der Waals surface area contributed by atoms with E-state index in [1.165, 1.54) is 12.1 Å². The van der Waals surface area contributed by atoms with Gasteiger partial charge in [-0.05, 0) is 35.7 Å². The molecule has 0 aliphatic carbocycles. The zero-order valence-electron chi connectivity index (χ0n) is 10.0. The average Bonchev–Trinajstić information content (AvgIpc) is 2.90. The van der Waals surface area contributed by atoms with E-state index in [1.807, 2.05) is 17.5 Å². The van der Waals surface area contributed by atoms with Crippen molar-refractivity contribution in [1.29, 1.82) is 0 Å². The highest BCUT2D eigenvalue weighted by Gasteiger charge is 2.12. The predicted octanol–water partition coefficient (Wildman–Crippen LogP) is 4.44. The van der Waals surface area contributed by atoms with Crippen LogP contribution in [0.2, 0.25) is 5.02 Å². The van der Waals surface area contributed by atoms with Gasteiger partial charge in [0.15, 0.2) is 0 Å². The topological polar surface area (TPSA) is 59.4 Å². The van der Waals surface area contributed by atoms with Crippen molar-refractivity contribution in [1.82, 2.24) is 4.98 Å². The molecule has 2 aromatic heterocycles. The Morgan fingerprint density at radius 3 is 2.95 bits per heavy atom. The maximum atomic E-state index is 11.0. The minimum atomic E-state index is -1.10. The number of carboxylic acid groups (broad SMARTS) is 1. The van der Waals surface area contributed by atoms with Crippen LogP contribution < -0.4 is 4.74 Å². The zero-order chi connectivity index (χ0) is 14.1. The minimum absolute atomic E-state index is 0.00154. The van der Waals surface area contributed by atoms with Crippen LogP contribution in [0.5, 0.6) is 11.6 Å². The third-order valence-corrected chi connectivity index (χ3v) is 3.94. The Morgan fingerprint density at radius 1 is 1.30 bits per heavy atom. The summed E-state index contributed by atoms with van der Waals surface area (Å²) in [5, 5.41) is 12.1. The number of fused-ring (bicyclic) bond motifs is 1. The average molecular weight is 306 g/mol. The molecule has 0 aliphatic heterocycles. The number of halogens is 1. The Bertz CT molecular complexity index is 800. The third kappa shape index (κ3) is 2.33. The molecular weight excluding hydrogens is 298 g/mol. The van der Waals surface area contributed by atoms with Gasteiger partial charge in [0.05, 0.1) is 16.0 Å². The maximum Gasteiger partial charge on any atom is 0.337 e. The number of aromatic carboxylic acids is 1. The SMILES string of the molecule is O=C(O)c1cc(Oc2nccc3sccc23)ccc1Cl. The Labute approximate surface area is 123 Å². The summed E-state index contributed by atoms with van der Waals surface area (Å²) < 4.78 is 6.73. The number of carbonyl (C=O) groups is 1. The molecule has 0 radical (unpaired) electrons. The fourth-order valence-electron chi connectivity index (χ4n) is 1.79. The van der Waals surface area contributed by atoms with Gasteiger partial charge in [0.2, 0.25) is 5.88 Å². The molecule has 2 heterocycles. The number of benzene rings is 1. The summed E-state index contributed by atoms with van der Waals surface area (Å²) in [6.07, 6.45) is 1.65. The molecule has 4 nitrogen and oxygen atoms in total. The zero-order valence-corrected chi connectivity index (χ0v) is 11.6. The lowest BCUT2D eigenvalue weighted by atomic mass is 10.2. The number of aromatic nitrogens is 1. The smallest absolute Gasteiger partial charge is 0.337 e. The molecule has 0 unspecified atom stereocenters. The number of carboxylic acids is 1. The van der Waals surface area contributed by atoms with Crippen LogP contribution in [0.25, 0.3) is 10.1 Å². The number of hydrogen-bond donors (Lipinski definition) is 1. The summed E-state index contributed by atoms with van der Waals surface area (Å²) in [7, 11) is 0. The number of rotatable bonds is 3. The van der Waals surface area contributed by atoms with Crippen molar-refractivity contribution < 1.29 is 14.6 Å². The second-order valence-electron chi connectivity index (χ2n) is 4.00. The molecule has 0 saturated carbocycles. The largest absolute Gasteiger partial charge is 0.478 e. The van der Waals surface area contributed by atoms with Gasteiger partial charge in [-0.2, -0.15) is 0 Å². The van der Waals surface area contributed by atoms with E-state index in [0.29, 0.717) is 11.6 Å². The van der Waals surface area contributed by atoms with Crippen LogP contribution in [0.3, 0.4) is 0 Å². The van der Waals surface area contributed by atoms with Crippen LogP contribution in [-0.4, -0.2) is 16.1 Å². The first-order valence-electron chi connectivity index (χ1n) is 5.68. The number of nitrogens with zero attached hydrogens (tertiary/aromatic N) is 1. The molecule has 0 atom stereocenters. The van der Waals surface area contributed by atoms with Crippen LogP contribution in [0.4, 0.5) is 0 Å². The summed E-state index contributed by atoms with van der Waals surface area (Å²) in [5.74, 6) is -0.262. The highest BCUT2D eigenvalue weighted by atomic mass is 35.5. The molecule has 0 spiro atoms. The molecule has 0 fully saturated rings. The summed E-state index contributed by atoms with van der Waals surface area (Å²) in [5.41, 5.74) is 0.00154. The van der Waals surface area contributed by atoms with Crippen LogP contribution in [0.15, 0.2) is 41.9 Å². The third-order valence-electron chi connectivity index (χ3n) is 2.73. The molecule has 1 N–H and O–H groups in total. The Balaban J connectivity index is 2.01. The van der Waals surface area contributed by atoms with E-state index in [1.54, 1.807) is 23.6 Å². The molecule has 6 heteroatoms. The Hall–Kier alpha value is -2.11. The Morgan fingerprint density at radius 2 is 2.15 bits per heavy atom. The van der Waals surface area contributed by atoms with Crippen molar-refractivity contribution in [3.63, 3.8) is 0 Å². The highest BCUT2D eigenvalue weighted by Crippen LogP contribution is 2.32. The van der Waals surface area contributed by atoms with Gasteiger partial charge in [0.1, 0.15) is 5.75 Å². The minimum Gasteiger partial charge on any atom is -0.478 e. The molecule has 20 heavy (non-hydrogen) atoms. The maximum absolute atomic E-state index is 11.0. The van der Waals surface area contributed by atoms with Gasteiger partial charge in [0.25, 0.3) is 0 Å². The van der Waals surface area contributed by atoms with Gasteiger partial charge in [-0.25, -0.2) is 9.78 Å². The van der Waals surface area contributed by atoms with E-state index in [9.17, 15) is 4.79 Å². The van der Waals surface area contributed by atoms with Gasteiger partial charge in [-0.1, -0.05) is 11.6 Å². The number of thiophene rings is 1. The molecular formula is C14H8ClNO3S. The van der Waals surface area contributed by atoms with Gasteiger partial charge in [-0.3, -0.25) is 0 Å². The van der Waals surface area contributed by atoms with Crippen molar-refractivity contribution in [3.8, 4) is 11.6 Å². The van der Waals surface area contributed by atoms with Gasteiger partial charge < -0.3 is 9.84 Å². The molecule has 100 valence electrons. The van der Waals surface area contributed by atoms with Crippen molar-refractivity contribution in [2.24, 2.45) is 0 Å². The molecule has 3 rings (SSSR count). The van der Waals surface area contributed by atoms with E-state index >= 15 is 0 Å².